The van der Waals surface area contributed by atoms with Crippen LogP contribution in [0.1, 0.15) is 18.2 Å². The lowest BCUT2D eigenvalue weighted by molar-refractivity contribution is 1.26. The molecule has 0 fully saturated rings. The van der Waals surface area contributed by atoms with Crippen molar-refractivity contribution >= 4 is 44.4 Å². The number of hydrogen-bond acceptors (Lipinski definition) is 1. The summed E-state index contributed by atoms with van der Waals surface area (Å²) in [5.74, 6) is 0. The van der Waals surface area contributed by atoms with E-state index in [0.717, 1.165) is 16.1 Å². The maximum Gasteiger partial charge on any atom is 0.0934 e. The summed E-state index contributed by atoms with van der Waals surface area (Å²) in [6.07, 6.45) is 3.29. The molecule has 1 aromatic rings. The van der Waals surface area contributed by atoms with Crippen molar-refractivity contribution in [2.45, 2.75) is 13.3 Å². The van der Waals surface area contributed by atoms with Gasteiger partial charge in [0.05, 0.1) is 4.34 Å². The first-order valence-electron chi connectivity index (χ1n) is 3.72. The molecule has 0 saturated carbocycles. The average Bonchev–Trinajstić information content (AvgIpc) is 2.47. The Labute approximate surface area is 90.4 Å². The van der Waals surface area contributed by atoms with Crippen molar-refractivity contribution in [3.05, 3.63) is 27.4 Å². The lowest BCUT2D eigenvalue weighted by atomic mass is 10.2. The summed E-state index contributed by atoms with van der Waals surface area (Å²) < 4.78 is 0.858. The van der Waals surface area contributed by atoms with Gasteiger partial charge < -0.3 is 0 Å². The number of hydrogen-bond donors (Lipinski definition) is 0. The maximum atomic E-state index is 5.82. The molecule has 1 heterocycles. The minimum absolute atomic E-state index is 0.858. The van der Waals surface area contributed by atoms with Gasteiger partial charge in [0.1, 0.15) is 0 Å². The third kappa shape index (κ3) is 2.92. The van der Waals surface area contributed by atoms with E-state index in [4.69, 9.17) is 11.6 Å². The highest BCUT2D eigenvalue weighted by Gasteiger charge is 1.98. The minimum Gasteiger partial charge on any atom is -0.124 e. The second kappa shape index (κ2) is 5.05. The SMILES string of the molecule is CC(=CCCBr)c1ccc(Cl)s1. The summed E-state index contributed by atoms with van der Waals surface area (Å²) in [4.78, 5) is 1.26. The highest BCUT2D eigenvalue weighted by atomic mass is 79.9. The topological polar surface area (TPSA) is 0 Å². The molecule has 0 saturated heterocycles. The molecule has 0 aromatic carbocycles. The highest BCUT2D eigenvalue weighted by Crippen LogP contribution is 2.27. The predicted octanol–water partition coefficient (Wildman–Crippen LogP) is 4.59. The molecule has 0 spiro atoms. The molecular weight excluding hydrogens is 256 g/mol. The van der Waals surface area contributed by atoms with Crippen LogP contribution in [0.4, 0.5) is 0 Å². The first kappa shape index (κ1) is 10.3. The number of halogens is 2. The molecule has 0 nitrogen and oxygen atoms in total. The van der Waals surface area contributed by atoms with E-state index in [1.54, 1.807) is 11.3 Å². The van der Waals surface area contributed by atoms with Gasteiger partial charge >= 0.3 is 0 Å². The third-order valence-electron chi connectivity index (χ3n) is 1.52. The van der Waals surface area contributed by atoms with Gasteiger partial charge in [0.2, 0.25) is 0 Å². The second-order valence-electron chi connectivity index (χ2n) is 2.47. The van der Waals surface area contributed by atoms with Crippen LogP contribution >= 0.6 is 38.9 Å². The van der Waals surface area contributed by atoms with Gasteiger partial charge in [-0.1, -0.05) is 33.6 Å². The second-order valence-corrected chi connectivity index (χ2v) is 4.98. The van der Waals surface area contributed by atoms with Crippen LogP contribution in [0.5, 0.6) is 0 Å². The first-order valence-corrected chi connectivity index (χ1v) is 6.04. The Balaban J connectivity index is 2.70. The van der Waals surface area contributed by atoms with E-state index in [9.17, 15) is 0 Å². The van der Waals surface area contributed by atoms with E-state index in [0.29, 0.717) is 0 Å². The molecular formula is C9H10BrClS. The van der Waals surface area contributed by atoms with Crippen molar-refractivity contribution in [1.82, 2.24) is 0 Å². The maximum absolute atomic E-state index is 5.82. The third-order valence-corrected chi connectivity index (χ3v) is 3.35. The van der Waals surface area contributed by atoms with E-state index < -0.39 is 0 Å². The summed E-state index contributed by atoms with van der Waals surface area (Å²) in [6.45, 7) is 2.12. The van der Waals surface area contributed by atoms with E-state index >= 15 is 0 Å². The fraction of sp³-hybridized carbons (Fsp3) is 0.333. The highest BCUT2D eigenvalue weighted by molar-refractivity contribution is 9.09. The Morgan fingerprint density at radius 3 is 2.92 bits per heavy atom. The Kier molecular flexibility index (Phi) is 4.33. The van der Waals surface area contributed by atoms with Gasteiger partial charge in [0, 0.05) is 10.2 Å². The van der Waals surface area contributed by atoms with Gasteiger partial charge in [-0.15, -0.1) is 11.3 Å². The summed E-state index contributed by atoms with van der Waals surface area (Å²) in [5.41, 5.74) is 1.31. The minimum atomic E-state index is 0.858. The van der Waals surface area contributed by atoms with E-state index in [1.807, 2.05) is 6.07 Å². The molecule has 0 unspecified atom stereocenters. The van der Waals surface area contributed by atoms with Crippen LogP contribution < -0.4 is 0 Å². The van der Waals surface area contributed by atoms with Crippen molar-refractivity contribution in [3.8, 4) is 0 Å². The van der Waals surface area contributed by atoms with Crippen LogP contribution in [0.15, 0.2) is 18.2 Å². The Morgan fingerprint density at radius 1 is 1.67 bits per heavy atom. The molecule has 0 aliphatic heterocycles. The lowest BCUT2D eigenvalue weighted by Crippen LogP contribution is -1.73. The van der Waals surface area contributed by atoms with Gasteiger partial charge in [0.25, 0.3) is 0 Å². The van der Waals surface area contributed by atoms with Crippen molar-refractivity contribution in [3.63, 3.8) is 0 Å². The predicted molar refractivity (Wildman–Crippen MR) is 61.4 cm³/mol. The zero-order valence-corrected chi connectivity index (χ0v) is 9.97. The van der Waals surface area contributed by atoms with Gasteiger partial charge in [-0.2, -0.15) is 0 Å². The molecule has 0 N–H and O–H groups in total. The molecule has 0 aliphatic carbocycles. The van der Waals surface area contributed by atoms with Crippen LogP contribution in [0.2, 0.25) is 4.34 Å². The summed E-state index contributed by atoms with van der Waals surface area (Å²) in [6, 6.07) is 4.00. The molecule has 1 rings (SSSR count). The van der Waals surface area contributed by atoms with E-state index in [-0.39, 0.29) is 0 Å². The summed E-state index contributed by atoms with van der Waals surface area (Å²) >= 11 is 10.8. The van der Waals surface area contributed by atoms with Crippen LogP contribution in [0.25, 0.3) is 5.57 Å². The molecule has 1 aromatic heterocycles. The largest absolute Gasteiger partial charge is 0.124 e. The number of alkyl halides is 1. The molecule has 0 amide bonds. The van der Waals surface area contributed by atoms with Crippen molar-refractivity contribution in [1.29, 1.82) is 0 Å². The lowest BCUT2D eigenvalue weighted by Gasteiger charge is -1.94. The molecule has 0 bridgehead atoms. The summed E-state index contributed by atoms with van der Waals surface area (Å²) in [5, 5.41) is 1.02. The average molecular weight is 266 g/mol. The molecule has 0 atom stereocenters. The monoisotopic (exact) mass is 264 g/mol. The fourth-order valence-corrected chi connectivity index (χ4v) is 2.17. The molecule has 66 valence electrons. The van der Waals surface area contributed by atoms with Gasteiger partial charge in [-0.25, -0.2) is 0 Å². The van der Waals surface area contributed by atoms with Crippen LogP contribution in [0, 0.1) is 0 Å². The Bertz CT molecular complexity index is 278. The molecule has 0 radical (unpaired) electrons. The number of allylic oxidation sites excluding steroid dienone is 2. The van der Waals surface area contributed by atoms with Gasteiger partial charge in [-0.3, -0.25) is 0 Å². The zero-order valence-electron chi connectivity index (χ0n) is 6.81. The van der Waals surface area contributed by atoms with Crippen molar-refractivity contribution in [2.24, 2.45) is 0 Å². The van der Waals surface area contributed by atoms with Crippen LogP contribution in [-0.4, -0.2) is 5.33 Å². The normalized spacial score (nSPS) is 12.1. The smallest absolute Gasteiger partial charge is 0.0934 e. The molecule has 3 heteroatoms. The number of rotatable bonds is 3. The quantitative estimate of drug-likeness (QED) is 0.701. The van der Waals surface area contributed by atoms with Gasteiger partial charge in [-0.05, 0) is 31.1 Å². The Hall–Kier alpha value is 0.210. The molecule has 12 heavy (non-hydrogen) atoms. The van der Waals surface area contributed by atoms with Crippen LogP contribution in [-0.2, 0) is 0 Å². The fourth-order valence-electron chi connectivity index (χ4n) is 0.898. The molecule has 0 aliphatic rings. The first-order chi connectivity index (χ1) is 5.74. The van der Waals surface area contributed by atoms with Gasteiger partial charge in [0.15, 0.2) is 0 Å². The van der Waals surface area contributed by atoms with Crippen molar-refractivity contribution < 1.29 is 0 Å². The zero-order chi connectivity index (χ0) is 8.97. The van der Waals surface area contributed by atoms with Crippen molar-refractivity contribution in [2.75, 3.05) is 5.33 Å². The van der Waals surface area contributed by atoms with Crippen LogP contribution in [0.3, 0.4) is 0 Å². The van der Waals surface area contributed by atoms with E-state index in [1.165, 1.54) is 10.5 Å². The van der Waals surface area contributed by atoms with E-state index in [2.05, 4.69) is 35.0 Å². The number of thiophene rings is 1. The standard InChI is InChI=1S/C9H10BrClS/c1-7(3-2-6-10)8-4-5-9(11)12-8/h3-5H,2,6H2,1H3. The summed E-state index contributed by atoms with van der Waals surface area (Å²) in [7, 11) is 0. The Morgan fingerprint density at radius 2 is 2.42 bits per heavy atom.